The van der Waals surface area contributed by atoms with Crippen LogP contribution in [0.1, 0.15) is 73.4 Å². The van der Waals surface area contributed by atoms with Crippen molar-refractivity contribution in [3.8, 4) is 0 Å². The Balaban J connectivity index is 1.51. The van der Waals surface area contributed by atoms with Crippen molar-refractivity contribution in [2.45, 2.75) is 65.3 Å². The van der Waals surface area contributed by atoms with Crippen LogP contribution in [0.5, 0.6) is 0 Å². The first-order chi connectivity index (χ1) is 13.3. The molecular formula is C21H29N5O2. The lowest BCUT2D eigenvalue weighted by Gasteiger charge is -2.28. The normalized spacial score (nSPS) is 17.6. The van der Waals surface area contributed by atoms with Crippen molar-refractivity contribution in [3.05, 3.63) is 34.8 Å². The highest BCUT2D eigenvalue weighted by atomic mass is 16.4. The van der Waals surface area contributed by atoms with Gasteiger partial charge in [-0.25, -0.2) is 15.0 Å². The lowest BCUT2D eigenvalue weighted by molar-refractivity contribution is 0.0726. The SMILES string of the molecule is Cc1nc(N2CCCCC2)ncc1C(=O)N1CCc2oc(C(C)(C)C)nc2C1. The Morgan fingerprint density at radius 2 is 1.86 bits per heavy atom. The van der Waals surface area contributed by atoms with E-state index in [2.05, 4.69) is 40.6 Å². The summed E-state index contributed by atoms with van der Waals surface area (Å²) >= 11 is 0. The van der Waals surface area contributed by atoms with Crippen molar-refractivity contribution in [2.24, 2.45) is 0 Å². The van der Waals surface area contributed by atoms with Gasteiger partial charge in [-0.05, 0) is 26.2 Å². The molecule has 0 radical (unpaired) electrons. The van der Waals surface area contributed by atoms with Gasteiger partial charge < -0.3 is 14.2 Å². The van der Waals surface area contributed by atoms with Crippen molar-refractivity contribution in [1.82, 2.24) is 19.9 Å². The summed E-state index contributed by atoms with van der Waals surface area (Å²) in [5.74, 6) is 2.34. The maximum absolute atomic E-state index is 13.1. The molecule has 28 heavy (non-hydrogen) atoms. The highest BCUT2D eigenvalue weighted by molar-refractivity contribution is 5.95. The van der Waals surface area contributed by atoms with Gasteiger partial charge in [0.15, 0.2) is 5.89 Å². The molecule has 150 valence electrons. The van der Waals surface area contributed by atoms with Gasteiger partial charge in [0.25, 0.3) is 5.91 Å². The molecule has 1 amide bonds. The molecule has 0 bridgehead atoms. The summed E-state index contributed by atoms with van der Waals surface area (Å²) in [5.41, 5.74) is 2.04. The van der Waals surface area contributed by atoms with E-state index in [0.29, 0.717) is 25.1 Å². The molecule has 1 saturated heterocycles. The Hall–Kier alpha value is -2.44. The highest BCUT2D eigenvalue weighted by Gasteiger charge is 2.30. The number of piperidine rings is 1. The number of fused-ring (bicyclic) bond motifs is 1. The smallest absolute Gasteiger partial charge is 0.257 e. The first-order valence-corrected chi connectivity index (χ1v) is 10.2. The molecule has 7 nitrogen and oxygen atoms in total. The van der Waals surface area contributed by atoms with Gasteiger partial charge >= 0.3 is 0 Å². The van der Waals surface area contributed by atoms with Gasteiger partial charge in [-0.15, -0.1) is 0 Å². The maximum Gasteiger partial charge on any atom is 0.257 e. The van der Waals surface area contributed by atoms with Gasteiger partial charge in [0.2, 0.25) is 5.95 Å². The molecule has 2 aromatic rings. The van der Waals surface area contributed by atoms with Gasteiger partial charge in [0.1, 0.15) is 11.5 Å². The Kier molecular flexibility index (Phi) is 4.85. The highest BCUT2D eigenvalue weighted by Crippen LogP contribution is 2.28. The van der Waals surface area contributed by atoms with E-state index in [4.69, 9.17) is 4.42 Å². The molecule has 0 saturated carbocycles. The zero-order chi connectivity index (χ0) is 19.9. The molecule has 4 heterocycles. The van der Waals surface area contributed by atoms with Crippen LogP contribution in [0.3, 0.4) is 0 Å². The summed E-state index contributed by atoms with van der Waals surface area (Å²) in [6, 6.07) is 0. The van der Waals surface area contributed by atoms with Crippen molar-refractivity contribution < 1.29 is 9.21 Å². The minimum Gasteiger partial charge on any atom is -0.445 e. The van der Waals surface area contributed by atoms with Crippen LogP contribution in [-0.2, 0) is 18.4 Å². The number of carbonyl (C=O) groups excluding carboxylic acids is 1. The summed E-state index contributed by atoms with van der Waals surface area (Å²) in [6.07, 6.45) is 5.99. The van der Waals surface area contributed by atoms with Crippen LogP contribution in [-0.4, -0.2) is 45.4 Å². The molecule has 0 unspecified atom stereocenters. The molecule has 2 aromatic heterocycles. The molecule has 0 spiro atoms. The van der Waals surface area contributed by atoms with Gasteiger partial charge in [-0.3, -0.25) is 4.79 Å². The van der Waals surface area contributed by atoms with Crippen molar-refractivity contribution >= 4 is 11.9 Å². The molecule has 2 aliphatic rings. The molecule has 4 rings (SSSR count). The average Bonchev–Trinajstić information content (AvgIpc) is 3.12. The molecule has 1 fully saturated rings. The number of aromatic nitrogens is 3. The molecule has 7 heteroatoms. The largest absolute Gasteiger partial charge is 0.445 e. The first-order valence-electron chi connectivity index (χ1n) is 10.2. The van der Waals surface area contributed by atoms with Crippen LogP contribution in [0, 0.1) is 6.92 Å². The van der Waals surface area contributed by atoms with Gasteiger partial charge in [-0.1, -0.05) is 20.8 Å². The second-order valence-electron chi connectivity index (χ2n) is 8.83. The summed E-state index contributed by atoms with van der Waals surface area (Å²) in [6.45, 7) is 11.2. The second-order valence-corrected chi connectivity index (χ2v) is 8.83. The van der Waals surface area contributed by atoms with Crippen molar-refractivity contribution in [1.29, 1.82) is 0 Å². The number of hydrogen-bond acceptors (Lipinski definition) is 6. The van der Waals surface area contributed by atoms with Crippen LogP contribution in [0.15, 0.2) is 10.6 Å². The zero-order valence-electron chi connectivity index (χ0n) is 17.3. The Bertz CT molecular complexity index is 877. The topological polar surface area (TPSA) is 75.4 Å². The summed E-state index contributed by atoms with van der Waals surface area (Å²) in [7, 11) is 0. The average molecular weight is 383 g/mol. The number of nitrogens with zero attached hydrogens (tertiary/aromatic N) is 5. The summed E-state index contributed by atoms with van der Waals surface area (Å²) in [5, 5.41) is 0. The third-order valence-electron chi connectivity index (χ3n) is 5.49. The van der Waals surface area contributed by atoms with Gasteiger partial charge in [-0.2, -0.15) is 0 Å². The van der Waals surface area contributed by atoms with Crippen LogP contribution in [0.2, 0.25) is 0 Å². The standard InChI is InChI=1S/C21H29N5O2/c1-14-15(12-22-20(23-14)25-9-6-5-7-10-25)18(27)26-11-8-17-16(13-26)24-19(28-17)21(2,3)4/h12H,5-11,13H2,1-4H3. The number of carbonyl (C=O) groups is 1. The Morgan fingerprint density at radius 3 is 2.54 bits per heavy atom. The van der Waals surface area contributed by atoms with Crippen LogP contribution >= 0.6 is 0 Å². The number of amides is 1. The van der Waals surface area contributed by atoms with E-state index in [1.54, 1.807) is 6.20 Å². The summed E-state index contributed by atoms with van der Waals surface area (Å²) < 4.78 is 5.93. The van der Waals surface area contributed by atoms with E-state index in [1.807, 2.05) is 11.8 Å². The fraction of sp³-hybridized carbons (Fsp3) is 0.619. The van der Waals surface area contributed by atoms with Crippen LogP contribution in [0.4, 0.5) is 5.95 Å². The predicted octanol–water partition coefficient (Wildman–Crippen LogP) is 3.26. The lowest BCUT2D eigenvalue weighted by atomic mass is 9.97. The third-order valence-corrected chi connectivity index (χ3v) is 5.49. The number of aryl methyl sites for hydroxylation is 1. The van der Waals surface area contributed by atoms with E-state index in [0.717, 1.165) is 42.1 Å². The maximum atomic E-state index is 13.1. The summed E-state index contributed by atoms with van der Waals surface area (Å²) in [4.78, 5) is 30.9. The fourth-order valence-corrected chi connectivity index (χ4v) is 3.77. The van der Waals surface area contributed by atoms with Gasteiger partial charge in [0.05, 0.1) is 17.8 Å². The van der Waals surface area contributed by atoms with E-state index in [1.165, 1.54) is 19.3 Å². The molecule has 0 atom stereocenters. The minimum absolute atomic E-state index is 0.0337. The van der Waals surface area contributed by atoms with Crippen LogP contribution in [0.25, 0.3) is 0 Å². The van der Waals surface area contributed by atoms with E-state index >= 15 is 0 Å². The predicted molar refractivity (Wildman–Crippen MR) is 106 cm³/mol. The molecular weight excluding hydrogens is 354 g/mol. The Labute approximate surface area is 166 Å². The van der Waals surface area contributed by atoms with E-state index in [-0.39, 0.29) is 11.3 Å². The number of hydrogen-bond donors (Lipinski definition) is 0. The first kappa shape index (κ1) is 18.9. The second kappa shape index (κ2) is 7.18. The number of oxazole rings is 1. The minimum atomic E-state index is -0.138. The third kappa shape index (κ3) is 3.62. The zero-order valence-corrected chi connectivity index (χ0v) is 17.3. The molecule has 0 aliphatic carbocycles. The molecule has 0 N–H and O–H groups in total. The van der Waals surface area contributed by atoms with Crippen LogP contribution < -0.4 is 4.90 Å². The Morgan fingerprint density at radius 1 is 1.11 bits per heavy atom. The van der Waals surface area contributed by atoms with E-state index in [9.17, 15) is 4.79 Å². The lowest BCUT2D eigenvalue weighted by Crippen LogP contribution is -2.37. The number of rotatable bonds is 2. The van der Waals surface area contributed by atoms with Crippen molar-refractivity contribution in [3.63, 3.8) is 0 Å². The van der Waals surface area contributed by atoms with E-state index < -0.39 is 0 Å². The molecule has 0 aromatic carbocycles. The number of anilines is 1. The quantitative estimate of drug-likeness (QED) is 0.792. The fourth-order valence-electron chi connectivity index (χ4n) is 3.77. The van der Waals surface area contributed by atoms with Crippen molar-refractivity contribution in [2.75, 3.05) is 24.5 Å². The van der Waals surface area contributed by atoms with Gasteiger partial charge in [0, 0.05) is 37.7 Å². The monoisotopic (exact) mass is 383 g/mol. The molecule has 2 aliphatic heterocycles.